The Labute approximate surface area is 186 Å². The molecule has 168 valence electrons. The molecule has 0 radical (unpaired) electrons. The number of halogens is 1. The Kier molecular flexibility index (Phi) is 9.27. The Hall–Kier alpha value is -3.13. The summed E-state index contributed by atoms with van der Waals surface area (Å²) in [4.78, 5) is 24.0. The van der Waals surface area contributed by atoms with Crippen molar-refractivity contribution >= 4 is 29.2 Å². The summed E-state index contributed by atoms with van der Waals surface area (Å²) < 4.78 is 26.4. The predicted molar refractivity (Wildman–Crippen MR) is 117 cm³/mol. The van der Waals surface area contributed by atoms with Gasteiger partial charge in [0.15, 0.2) is 18.1 Å². The van der Waals surface area contributed by atoms with Gasteiger partial charge in [-0.15, -0.1) is 0 Å². The second-order valence-corrected chi connectivity index (χ2v) is 6.92. The summed E-state index contributed by atoms with van der Waals surface area (Å²) in [5.41, 5.74) is 1.33. The number of nitrogens with one attached hydrogen (secondary N) is 1. The van der Waals surface area contributed by atoms with Crippen molar-refractivity contribution in [2.24, 2.45) is 0 Å². The van der Waals surface area contributed by atoms with Crippen molar-refractivity contribution < 1.29 is 33.3 Å². The summed E-state index contributed by atoms with van der Waals surface area (Å²) in [5.74, 6) is 0.926. The molecule has 0 spiro atoms. The highest BCUT2D eigenvalue weighted by Gasteiger charge is 2.15. The van der Waals surface area contributed by atoms with Crippen LogP contribution < -0.4 is 24.3 Å². The standard InChI is InChI=1S/C22H26ClNO7/c1-14-10-15(23)7-8-17(14)30-9-5-6-21(26)31-13-20(25)24-16-11-18(27-2)22(29-4)19(12-16)28-3/h7-8,10-12H,5-6,9,13H2,1-4H3,(H,24,25). The monoisotopic (exact) mass is 451 g/mol. The molecule has 9 heteroatoms. The van der Waals surface area contributed by atoms with E-state index in [9.17, 15) is 9.59 Å². The zero-order valence-electron chi connectivity index (χ0n) is 18.0. The number of hydrogen-bond acceptors (Lipinski definition) is 7. The van der Waals surface area contributed by atoms with Gasteiger partial charge in [-0.1, -0.05) is 11.6 Å². The van der Waals surface area contributed by atoms with Crippen LogP contribution in [0.4, 0.5) is 5.69 Å². The summed E-state index contributed by atoms with van der Waals surface area (Å²) >= 11 is 5.91. The first kappa shape index (κ1) is 24.1. The summed E-state index contributed by atoms with van der Waals surface area (Å²) in [6, 6.07) is 8.49. The number of esters is 1. The molecule has 8 nitrogen and oxygen atoms in total. The molecule has 0 unspecified atom stereocenters. The predicted octanol–water partition coefficient (Wildman–Crippen LogP) is 4.02. The Balaban J connectivity index is 1.76. The van der Waals surface area contributed by atoms with Crippen LogP contribution in [0.2, 0.25) is 5.02 Å². The van der Waals surface area contributed by atoms with Gasteiger partial charge in [-0.2, -0.15) is 0 Å². The average Bonchev–Trinajstić information content (AvgIpc) is 2.75. The lowest BCUT2D eigenvalue weighted by molar-refractivity contribution is -0.147. The highest BCUT2D eigenvalue weighted by Crippen LogP contribution is 2.39. The number of methoxy groups -OCH3 is 3. The van der Waals surface area contributed by atoms with Gasteiger partial charge in [-0.3, -0.25) is 9.59 Å². The van der Waals surface area contributed by atoms with E-state index in [0.29, 0.717) is 46.7 Å². The van der Waals surface area contributed by atoms with E-state index in [2.05, 4.69) is 5.32 Å². The molecule has 0 aromatic heterocycles. The molecule has 0 bridgehead atoms. The van der Waals surface area contributed by atoms with Gasteiger partial charge in [-0.05, 0) is 37.1 Å². The summed E-state index contributed by atoms with van der Waals surface area (Å²) in [5, 5.41) is 3.27. The van der Waals surface area contributed by atoms with Crippen molar-refractivity contribution in [2.75, 3.05) is 39.9 Å². The number of amides is 1. The Bertz CT molecular complexity index is 892. The van der Waals surface area contributed by atoms with Gasteiger partial charge in [0.2, 0.25) is 5.75 Å². The number of carbonyl (C=O) groups is 2. The molecule has 2 aromatic rings. The van der Waals surface area contributed by atoms with E-state index in [-0.39, 0.29) is 6.42 Å². The SMILES string of the molecule is COc1cc(NC(=O)COC(=O)CCCOc2ccc(Cl)cc2C)cc(OC)c1OC. The van der Waals surface area contributed by atoms with Gasteiger partial charge < -0.3 is 29.0 Å². The van der Waals surface area contributed by atoms with Gasteiger partial charge in [0, 0.05) is 29.3 Å². The van der Waals surface area contributed by atoms with E-state index < -0.39 is 18.5 Å². The maximum atomic E-state index is 12.1. The zero-order valence-corrected chi connectivity index (χ0v) is 18.7. The van der Waals surface area contributed by atoms with E-state index in [1.807, 2.05) is 6.92 Å². The summed E-state index contributed by atoms with van der Waals surface area (Å²) in [6.07, 6.45) is 0.583. The molecule has 1 amide bonds. The number of aryl methyl sites for hydroxylation is 1. The number of rotatable bonds is 11. The third-order valence-electron chi connectivity index (χ3n) is 4.23. The number of ether oxygens (including phenoxy) is 5. The molecule has 0 aliphatic rings. The van der Waals surface area contributed by atoms with Crippen molar-refractivity contribution in [3.63, 3.8) is 0 Å². The molecule has 2 aromatic carbocycles. The van der Waals surface area contributed by atoms with Crippen LogP contribution in [0.5, 0.6) is 23.0 Å². The molecular formula is C22H26ClNO7. The van der Waals surface area contributed by atoms with Gasteiger partial charge in [0.1, 0.15) is 5.75 Å². The van der Waals surface area contributed by atoms with Crippen LogP contribution in [0.15, 0.2) is 30.3 Å². The second kappa shape index (κ2) is 11.9. The van der Waals surface area contributed by atoms with Gasteiger partial charge in [0.05, 0.1) is 27.9 Å². The quantitative estimate of drug-likeness (QED) is 0.407. The molecule has 0 saturated heterocycles. The van der Waals surface area contributed by atoms with Gasteiger partial charge in [0.25, 0.3) is 5.91 Å². The number of hydrogen-bond donors (Lipinski definition) is 1. The highest BCUT2D eigenvalue weighted by atomic mass is 35.5. The fraction of sp³-hybridized carbons (Fsp3) is 0.364. The van der Waals surface area contributed by atoms with E-state index in [1.54, 1.807) is 30.3 Å². The molecule has 0 atom stereocenters. The maximum absolute atomic E-state index is 12.1. The molecule has 1 N–H and O–H groups in total. The number of carbonyl (C=O) groups excluding carboxylic acids is 2. The van der Waals surface area contributed by atoms with Crippen molar-refractivity contribution in [1.29, 1.82) is 0 Å². The topological polar surface area (TPSA) is 92.3 Å². The van der Waals surface area contributed by atoms with Crippen LogP contribution in [0.25, 0.3) is 0 Å². The Morgan fingerprint density at radius 1 is 0.968 bits per heavy atom. The van der Waals surface area contributed by atoms with Crippen LogP contribution in [-0.4, -0.2) is 46.4 Å². The minimum Gasteiger partial charge on any atom is -0.493 e. The van der Waals surface area contributed by atoms with E-state index in [4.69, 9.17) is 35.3 Å². The average molecular weight is 452 g/mol. The number of anilines is 1. The minimum atomic E-state index is -0.490. The lowest BCUT2D eigenvalue weighted by Crippen LogP contribution is -2.21. The van der Waals surface area contributed by atoms with Crippen molar-refractivity contribution in [2.45, 2.75) is 19.8 Å². The van der Waals surface area contributed by atoms with Crippen LogP contribution in [0, 0.1) is 6.92 Å². The Morgan fingerprint density at radius 2 is 1.65 bits per heavy atom. The number of benzene rings is 2. The van der Waals surface area contributed by atoms with E-state index >= 15 is 0 Å². The molecule has 2 rings (SSSR count). The van der Waals surface area contributed by atoms with Crippen molar-refractivity contribution in [3.8, 4) is 23.0 Å². The normalized spacial score (nSPS) is 10.2. The van der Waals surface area contributed by atoms with E-state index in [1.165, 1.54) is 21.3 Å². The third kappa shape index (κ3) is 7.25. The lowest BCUT2D eigenvalue weighted by Gasteiger charge is -2.14. The third-order valence-corrected chi connectivity index (χ3v) is 4.47. The molecule has 0 aliphatic heterocycles. The van der Waals surface area contributed by atoms with Crippen LogP contribution in [-0.2, 0) is 14.3 Å². The lowest BCUT2D eigenvalue weighted by atomic mass is 10.2. The first-order valence-electron chi connectivity index (χ1n) is 9.52. The minimum absolute atomic E-state index is 0.129. The summed E-state index contributed by atoms with van der Waals surface area (Å²) in [7, 11) is 4.44. The molecular weight excluding hydrogens is 426 g/mol. The van der Waals surface area contributed by atoms with Crippen LogP contribution in [0.3, 0.4) is 0 Å². The molecule has 0 heterocycles. The smallest absolute Gasteiger partial charge is 0.306 e. The molecule has 0 saturated carbocycles. The van der Waals surface area contributed by atoms with Gasteiger partial charge in [-0.25, -0.2) is 0 Å². The first-order chi connectivity index (χ1) is 14.9. The fourth-order valence-corrected chi connectivity index (χ4v) is 2.97. The van der Waals surface area contributed by atoms with Crippen LogP contribution >= 0.6 is 11.6 Å². The largest absolute Gasteiger partial charge is 0.493 e. The highest BCUT2D eigenvalue weighted by molar-refractivity contribution is 6.30. The molecule has 31 heavy (non-hydrogen) atoms. The molecule has 0 aliphatic carbocycles. The maximum Gasteiger partial charge on any atom is 0.306 e. The van der Waals surface area contributed by atoms with Crippen molar-refractivity contribution in [1.82, 2.24) is 0 Å². The summed E-state index contributed by atoms with van der Waals surface area (Å²) in [6.45, 7) is 1.82. The first-order valence-corrected chi connectivity index (χ1v) is 9.90. The fourth-order valence-electron chi connectivity index (χ4n) is 2.74. The molecule has 0 fully saturated rings. The van der Waals surface area contributed by atoms with Crippen molar-refractivity contribution in [3.05, 3.63) is 40.9 Å². The zero-order chi connectivity index (χ0) is 22.8. The Morgan fingerprint density at radius 3 is 2.23 bits per heavy atom. The van der Waals surface area contributed by atoms with E-state index in [0.717, 1.165) is 5.56 Å². The van der Waals surface area contributed by atoms with Crippen LogP contribution in [0.1, 0.15) is 18.4 Å². The van der Waals surface area contributed by atoms with Gasteiger partial charge >= 0.3 is 5.97 Å². The second-order valence-electron chi connectivity index (χ2n) is 6.48.